The van der Waals surface area contributed by atoms with E-state index < -0.39 is 67.4 Å². The normalized spacial score (nSPS) is 20.1. The number of carbonyl (C=O) groups is 2. The van der Waals surface area contributed by atoms with Crippen molar-refractivity contribution in [2.75, 3.05) is 13.2 Å². The molecule has 0 aromatic heterocycles. The van der Waals surface area contributed by atoms with Gasteiger partial charge in [0.15, 0.2) is 12.4 Å². The van der Waals surface area contributed by atoms with Crippen LogP contribution in [0.25, 0.3) is 0 Å². The Labute approximate surface area is 410 Å². The molecule has 1 amide bonds. The number of hydrogen-bond acceptors (Lipinski definition) is 10. The molecule has 394 valence electrons. The Morgan fingerprint density at radius 1 is 0.567 bits per heavy atom. The SMILES string of the molecule is CCCCCCCCC/C=C\CCCCC(O)C(=O)NC(COC1OC(CO)C(O)C(O)C1OC(=O)CCCCCCCCCCCCCCC)C(O)/C=C/CCCCCCCCCCCC. The van der Waals surface area contributed by atoms with E-state index in [-0.39, 0.29) is 19.4 Å². The standard InChI is InChI=1S/C56H105NO10/c1-4-7-10-13-16-19-22-25-28-31-34-37-40-43-49(60)55(64)57-47(48(59)42-39-36-33-30-27-24-21-18-15-12-9-6-3)46-65-56-54(53(63)52(62)50(45-58)66-56)67-51(61)44-41-38-35-32-29-26-23-20-17-14-11-8-5-2/h28,31,39,42,47-50,52-54,56,58-60,62-63H,4-27,29-30,32-38,40-41,43-46H2,1-3H3,(H,57,64)/b31-28-,42-39+. The smallest absolute Gasteiger partial charge is 0.306 e. The maximum absolute atomic E-state index is 13.3. The van der Waals surface area contributed by atoms with E-state index >= 15 is 0 Å². The highest BCUT2D eigenvalue weighted by molar-refractivity contribution is 5.80. The number of allylic oxidation sites excluding steroid dienone is 3. The van der Waals surface area contributed by atoms with Gasteiger partial charge in [-0.3, -0.25) is 9.59 Å². The zero-order valence-corrected chi connectivity index (χ0v) is 43.3. The van der Waals surface area contributed by atoms with E-state index in [9.17, 15) is 35.1 Å². The number of esters is 1. The number of unbranched alkanes of at least 4 members (excludes halogenated alkanes) is 31. The van der Waals surface area contributed by atoms with Crippen LogP contribution in [0.3, 0.4) is 0 Å². The number of carbonyl (C=O) groups excluding carboxylic acids is 2. The number of hydrogen-bond donors (Lipinski definition) is 6. The van der Waals surface area contributed by atoms with Crippen LogP contribution < -0.4 is 5.32 Å². The Kier molecular flexibility index (Phi) is 42.7. The van der Waals surface area contributed by atoms with Crippen molar-refractivity contribution in [2.45, 2.75) is 307 Å². The second kappa shape index (κ2) is 45.3. The fourth-order valence-corrected chi connectivity index (χ4v) is 8.82. The Hall–Kier alpha value is -1.86. The monoisotopic (exact) mass is 952 g/mol. The first-order valence-electron chi connectivity index (χ1n) is 28.1. The Bertz CT molecular complexity index is 1180. The summed E-state index contributed by atoms with van der Waals surface area (Å²) in [5, 5.41) is 56.7. The average molecular weight is 952 g/mol. The summed E-state index contributed by atoms with van der Waals surface area (Å²) < 4.78 is 17.5. The van der Waals surface area contributed by atoms with Crippen LogP contribution in [0, 0.1) is 0 Å². The molecule has 0 aliphatic carbocycles. The molecule has 8 atom stereocenters. The van der Waals surface area contributed by atoms with Crippen LogP contribution in [0.15, 0.2) is 24.3 Å². The Morgan fingerprint density at radius 2 is 0.985 bits per heavy atom. The van der Waals surface area contributed by atoms with Gasteiger partial charge in [0.25, 0.3) is 0 Å². The van der Waals surface area contributed by atoms with Crippen LogP contribution in [-0.4, -0.2) is 99.6 Å². The summed E-state index contributed by atoms with van der Waals surface area (Å²) in [7, 11) is 0. The highest BCUT2D eigenvalue weighted by Crippen LogP contribution is 2.26. The molecule has 1 saturated heterocycles. The second-order valence-corrected chi connectivity index (χ2v) is 19.7. The number of ether oxygens (including phenoxy) is 3. The summed E-state index contributed by atoms with van der Waals surface area (Å²) in [6.07, 6.45) is 39.4. The number of rotatable bonds is 47. The molecule has 1 aliphatic rings. The largest absolute Gasteiger partial charge is 0.454 e. The van der Waals surface area contributed by atoms with Crippen molar-refractivity contribution in [3.05, 3.63) is 24.3 Å². The van der Waals surface area contributed by atoms with Gasteiger partial charge >= 0.3 is 5.97 Å². The molecule has 1 aliphatic heterocycles. The number of aliphatic hydroxyl groups is 5. The van der Waals surface area contributed by atoms with E-state index in [1.807, 2.05) is 6.08 Å². The van der Waals surface area contributed by atoms with Crippen molar-refractivity contribution in [1.82, 2.24) is 5.32 Å². The van der Waals surface area contributed by atoms with E-state index in [4.69, 9.17) is 14.2 Å². The second-order valence-electron chi connectivity index (χ2n) is 19.7. The first kappa shape index (κ1) is 63.2. The quantitative estimate of drug-likeness (QED) is 0.0196. The van der Waals surface area contributed by atoms with Gasteiger partial charge < -0.3 is 45.1 Å². The summed E-state index contributed by atoms with van der Waals surface area (Å²) in [4.78, 5) is 26.4. The van der Waals surface area contributed by atoms with Crippen LogP contribution >= 0.6 is 0 Å². The first-order valence-corrected chi connectivity index (χ1v) is 28.1. The molecule has 0 bridgehead atoms. The van der Waals surface area contributed by atoms with Gasteiger partial charge in [-0.05, 0) is 51.4 Å². The molecule has 0 radical (unpaired) electrons. The topological polar surface area (TPSA) is 175 Å². The zero-order valence-electron chi connectivity index (χ0n) is 43.3. The van der Waals surface area contributed by atoms with E-state index in [1.54, 1.807) is 6.08 Å². The molecule has 8 unspecified atom stereocenters. The van der Waals surface area contributed by atoms with Gasteiger partial charge in [0, 0.05) is 6.42 Å². The van der Waals surface area contributed by atoms with Gasteiger partial charge in [-0.1, -0.05) is 225 Å². The summed E-state index contributed by atoms with van der Waals surface area (Å²) in [5.41, 5.74) is 0. The molecule has 6 N–H and O–H groups in total. The van der Waals surface area contributed by atoms with Gasteiger partial charge in [0.1, 0.15) is 24.4 Å². The molecule has 0 saturated carbocycles. The number of amides is 1. The number of nitrogens with one attached hydrogen (secondary N) is 1. The van der Waals surface area contributed by atoms with E-state index in [1.165, 1.54) is 154 Å². The fourth-order valence-electron chi connectivity index (χ4n) is 8.82. The molecule has 1 fully saturated rings. The highest BCUT2D eigenvalue weighted by Gasteiger charge is 2.47. The Balaban J connectivity index is 2.76. The number of aliphatic hydroxyl groups excluding tert-OH is 5. The van der Waals surface area contributed by atoms with Crippen molar-refractivity contribution in [1.29, 1.82) is 0 Å². The van der Waals surface area contributed by atoms with Crippen molar-refractivity contribution in [3.63, 3.8) is 0 Å². The van der Waals surface area contributed by atoms with Crippen molar-refractivity contribution >= 4 is 11.9 Å². The van der Waals surface area contributed by atoms with Crippen LogP contribution in [-0.2, 0) is 23.8 Å². The summed E-state index contributed by atoms with van der Waals surface area (Å²) in [5.74, 6) is -1.20. The lowest BCUT2D eigenvalue weighted by Crippen LogP contribution is -2.61. The van der Waals surface area contributed by atoms with E-state index in [2.05, 4.69) is 38.2 Å². The fraction of sp³-hybridized carbons (Fsp3) is 0.893. The summed E-state index contributed by atoms with van der Waals surface area (Å²) >= 11 is 0. The van der Waals surface area contributed by atoms with Crippen molar-refractivity contribution in [3.8, 4) is 0 Å². The van der Waals surface area contributed by atoms with E-state index in [0.29, 0.717) is 12.8 Å². The molecule has 0 aromatic carbocycles. The average Bonchev–Trinajstić information content (AvgIpc) is 3.32. The molecule has 0 spiro atoms. The highest BCUT2D eigenvalue weighted by atomic mass is 16.7. The molecule has 67 heavy (non-hydrogen) atoms. The molecule has 1 heterocycles. The predicted octanol–water partition coefficient (Wildman–Crippen LogP) is 12.2. The lowest BCUT2D eigenvalue weighted by Gasteiger charge is -2.41. The van der Waals surface area contributed by atoms with Gasteiger partial charge in [0.05, 0.1) is 25.4 Å². The van der Waals surface area contributed by atoms with Crippen LogP contribution in [0.2, 0.25) is 0 Å². The van der Waals surface area contributed by atoms with E-state index in [0.717, 1.165) is 57.8 Å². The lowest BCUT2D eigenvalue weighted by molar-refractivity contribution is -0.305. The van der Waals surface area contributed by atoms with Gasteiger partial charge in [0.2, 0.25) is 5.91 Å². The first-order chi connectivity index (χ1) is 32.7. The van der Waals surface area contributed by atoms with Crippen LogP contribution in [0.5, 0.6) is 0 Å². The third-order valence-electron chi connectivity index (χ3n) is 13.4. The minimum Gasteiger partial charge on any atom is -0.454 e. The van der Waals surface area contributed by atoms with Crippen LogP contribution in [0.4, 0.5) is 0 Å². The third kappa shape index (κ3) is 34.2. The van der Waals surface area contributed by atoms with Gasteiger partial charge in [-0.15, -0.1) is 0 Å². The third-order valence-corrected chi connectivity index (χ3v) is 13.4. The zero-order chi connectivity index (χ0) is 49.0. The van der Waals surface area contributed by atoms with Gasteiger partial charge in [-0.2, -0.15) is 0 Å². The van der Waals surface area contributed by atoms with Gasteiger partial charge in [-0.25, -0.2) is 0 Å². The van der Waals surface area contributed by atoms with Crippen molar-refractivity contribution < 1.29 is 49.3 Å². The maximum atomic E-state index is 13.3. The molecule has 11 nitrogen and oxygen atoms in total. The van der Waals surface area contributed by atoms with Crippen molar-refractivity contribution in [2.24, 2.45) is 0 Å². The lowest BCUT2D eigenvalue weighted by atomic mass is 9.99. The predicted molar refractivity (Wildman–Crippen MR) is 274 cm³/mol. The summed E-state index contributed by atoms with van der Waals surface area (Å²) in [6, 6.07) is -1.02. The minimum atomic E-state index is -1.61. The molecule has 1 rings (SSSR count). The molecular weight excluding hydrogens is 847 g/mol. The minimum absolute atomic E-state index is 0.127. The molecule has 0 aromatic rings. The molecular formula is C56H105NO10. The van der Waals surface area contributed by atoms with Crippen LogP contribution in [0.1, 0.15) is 258 Å². The maximum Gasteiger partial charge on any atom is 0.306 e. The summed E-state index contributed by atoms with van der Waals surface area (Å²) in [6.45, 7) is 5.76. The molecule has 11 heteroatoms. The Morgan fingerprint density at radius 3 is 1.45 bits per heavy atom.